The van der Waals surface area contributed by atoms with E-state index in [4.69, 9.17) is 18.5 Å². The topological polar surface area (TPSA) is 94.1 Å². The summed E-state index contributed by atoms with van der Waals surface area (Å²) in [6.07, 6.45) is 70.6. The third-order valence-corrected chi connectivity index (χ3v) is 12.9. The predicted molar refractivity (Wildman–Crippen MR) is 295 cm³/mol. The molecule has 0 rings (SSSR count). The van der Waals surface area contributed by atoms with Gasteiger partial charge in [-0.1, -0.05) is 221 Å². The molecule has 8 nitrogen and oxygen atoms in total. The van der Waals surface area contributed by atoms with E-state index in [1.54, 1.807) is 0 Å². The minimum absolute atomic E-state index is 0.0139. The van der Waals surface area contributed by atoms with Gasteiger partial charge in [-0.3, -0.25) is 9.36 Å². The fourth-order valence-corrected chi connectivity index (χ4v) is 8.33. The summed E-state index contributed by atoms with van der Waals surface area (Å²) >= 11 is 0. The number of unbranched alkanes of at least 4 members (excludes halogenated alkanes) is 24. The highest BCUT2D eigenvalue weighted by Crippen LogP contribution is 2.38. The van der Waals surface area contributed by atoms with Gasteiger partial charge in [-0.2, -0.15) is 0 Å². The van der Waals surface area contributed by atoms with Crippen LogP contribution in [0.5, 0.6) is 0 Å². The standard InChI is InChI=1S/C60H108NO7P/c1-6-8-10-12-14-16-18-20-22-24-26-28-29-30-31-32-34-36-38-40-42-44-46-48-50-52-55-65-57-59(58-67-69(63,64)66-56-54-61(3,4)5)68-60(62)53-51-49-47-45-43-41-39-37-35-33-27-25-23-21-19-17-15-13-11-9-7-2/h9,11,15,17,21,23-24,26-27,33,37,39,43,45,59H,6-8,10,12-14,16,18-20,22,25,28-32,34-36,38,40-42,44,46-58H2,1-5H3/b11-9-,17-15-,23-21-,26-24-,33-27-,39-37-,45-43-. The summed E-state index contributed by atoms with van der Waals surface area (Å²) < 4.78 is 34.8. The quantitative estimate of drug-likeness (QED) is 0.0197. The second-order valence-corrected chi connectivity index (χ2v) is 21.3. The average molecular weight is 986 g/mol. The van der Waals surface area contributed by atoms with Crippen molar-refractivity contribution >= 4 is 13.8 Å². The summed E-state index contributed by atoms with van der Waals surface area (Å²) in [5, 5.41) is 0. The summed E-state index contributed by atoms with van der Waals surface area (Å²) in [4.78, 5) is 25.2. The minimum atomic E-state index is -4.55. The highest BCUT2D eigenvalue weighted by Gasteiger charge is 2.20. The minimum Gasteiger partial charge on any atom is -0.756 e. The first kappa shape index (κ1) is 66.7. The van der Waals surface area contributed by atoms with Gasteiger partial charge in [0.15, 0.2) is 0 Å². The van der Waals surface area contributed by atoms with Gasteiger partial charge in [-0.25, -0.2) is 0 Å². The largest absolute Gasteiger partial charge is 0.756 e. The highest BCUT2D eigenvalue weighted by atomic mass is 31.2. The Bertz CT molecular complexity index is 1380. The van der Waals surface area contributed by atoms with E-state index in [-0.39, 0.29) is 32.2 Å². The Morgan fingerprint density at radius 3 is 1.28 bits per heavy atom. The van der Waals surface area contributed by atoms with Crippen molar-refractivity contribution in [3.63, 3.8) is 0 Å². The number of phosphoric ester groups is 1. The lowest BCUT2D eigenvalue weighted by atomic mass is 10.0. The number of ether oxygens (including phenoxy) is 2. The Hall–Kier alpha value is -2.32. The van der Waals surface area contributed by atoms with Gasteiger partial charge in [0, 0.05) is 13.0 Å². The monoisotopic (exact) mass is 986 g/mol. The Morgan fingerprint density at radius 1 is 0.464 bits per heavy atom. The van der Waals surface area contributed by atoms with Crippen molar-refractivity contribution in [1.29, 1.82) is 0 Å². The number of rotatable bonds is 52. The molecule has 0 aromatic heterocycles. The van der Waals surface area contributed by atoms with Crippen molar-refractivity contribution in [1.82, 2.24) is 0 Å². The lowest BCUT2D eigenvalue weighted by Gasteiger charge is -2.28. The summed E-state index contributed by atoms with van der Waals surface area (Å²) in [7, 11) is 1.32. The number of carbonyl (C=O) groups excluding carboxylic acids is 1. The molecule has 0 aliphatic carbocycles. The number of nitrogens with zero attached hydrogens (tertiary/aromatic N) is 1. The van der Waals surface area contributed by atoms with Crippen molar-refractivity contribution in [2.24, 2.45) is 0 Å². The lowest BCUT2D eigenvalue weighted by molar-refractivity contribution is -0.870. The van der Waals surface area contributed by atoms with Gasteiger partial charge in [0.05, 0.1) is 34.4 Å². The van der Waals surface area contributed by atoms with Gasteiger partial charge >= 0.3 is 5.97 Å². The zero-order chi connectivity index (χ0) is 50.5. The fourth-order valence-electron chi connectivity index (χ4n) is 7.60. The van der Waals surface area contributed by atoms with Crippen LogP contribution in [0.1, 0.15) is 232 Å². The molecule has 2 unspecified atom stereocenters. The molecule has 0 aromatic rings. The molecule has 0 heterocycles. The first-order valence-electron chi connectivity index (χ1n) is 28.3. The Balaban J connectivity index is 4.14. The first-order valence-corrected chi connectivity index (χ1v) is 29.8. The van der Waals surface area contributed by atoms with Crippen molar-refractivity contribution in [3.8, 4) is 0 Å². The molecule has 0 N–H and O–H groups in total. The maximum absolute atomic E-state index is 12.8. The maximum Gasteiger partial charge on any atom is 0.306 e. The lowest BCUT2D eigenvalue weighted by Crippen LogP contribution is -2.37. The molecule has 0 saturated heterocycles. The Labute approximate surface area is 426 Å². The van der Waals surface area contributed by atoms with Crippen molar-refractivity contribution < 1.29 is 37.3 Å². The molecule has 9 heteroatoms. The van der Waals surface area contributed by atoms with E-state index in [0.717, 1.165) is 64.2 Å². The van der Waals surface area contributed by atoms with Gasteiger partial charge in [0.25, 0.3) is 7.82 Å². The van der Waals surface area contributed by atoms with Crippen LogP contribution in [0, 0.1) is 0 Å². The first-order chi connectivity index (χ1) is 33.6. The summed E-state index contributed by atoms with van der Waals surface area (Å²) in [6, 6.07) is 0. The van der Waals surface area contributed by atoms with E-state index in [1.807, 2.05) is 21.1 Å². The number of allylic oxidation sites excluding steroid dienone is 14. The Kier molecular flexibility index (Phi) is 50.3. The second-order valence-electron chi connectivity index (χ2n) is 19.9. The molecule has 69 heavy (non-hydrogen) atoms. The molecular weight excluding hydrogens is 878 g/mol. The van der Waals surface area contributed by atoms with Gasteiger partial charge in [0.1, 0.15) is 19.3 Å². The number of esters is 1. The Morgan fingerprint density at radius 2 is 0.841 bits per heavy atom. The molecule has 0 radical (unpaired) electrons. The molecule has 0 amide bonds. The number of quaternary nitrogens is 1. The molecule has 0 aliphatic heterocycles. The number of hydrogen-bond acceptors (Lipinski definition) is 7. The molecular formula is C60H108NO7P. The number of phosphoric acid groups is 1. The van der Waals surface area contributed by atoms with Crippen LogP contribution >= 0.6 is 7.82 Å². The van der Waals surface area contributed by atoms with Gasteiger partial charge in [-0.05, 0) is 89.9 Å². The third kappa shape index (κ3) is 56.5. The average Bonchev–Trinajstić information content (AvgIpc) is 3.31. The van der Waals surface area contributed by atoms with E-state index in [0.29, 0.717) is 24.1 Å². The number of likely N-dealkylation sites (N-methyl/N-ethyl adjacent to an activating group) is 1. The third-order valence-electron chi connectivity index (χ3n) is 11.9. The van der Waals surface area contributed by atoms with Crippen LogP contribution in [0.2, 0.25) is 0 Å². The van der Waals surface area contributed by atoms with Crippen molar-refractivity contribution in [2.75, 3.05) is 54.1 Å². The van der Waals surface area contributed by atoms with Crippen LogP contribution in [0.3, 0.4) is 0 Å². The van der Waals surface area contributed by atoms with Crippen LogP contribution in [-0.2, 0) is 27.9 Å². The molecule has 0 aromatic carbocycles. The zero-order valence-corrected chi connectivity index (χ0v) is 46.4. The molecule has 0 aliphatic rings. The van der Waals surface area contributed by atoms with Crippen LogP contribution in [-0.4, -0.2) is 70.7 Å². The smallest absolute Gasteiger partial charge is 0.306 e. The van der Waals surface area contributed by atoms with Gasteiger partial charge in [0.2, 0.25) is 0 Å². The van der Waals surface area contributed by atoms with E-state index >= 15 is 0 Å². The second kappa shape index (κ2) is 52.0. The molecule has 0 spiro atoms. The normalized spacial score (nSPS) is 14.1. The highest BCUT2D eigenvalue weighted by molar-refractivity contribution is 7.45. The summed E-state index contributed by atoms with van der Waals surface area (Å²) in [5.74, 6) is -0.375. The van der Waals surface area contributed by atoms with Gasteiger partial charge < -0.3 is 27.9 Å². The van der Waals surface area contributed by atoms with Crippen molar-refractivity contribution in [2.45, 2.75) is 238 Å². The number of hydrogen-bond donors (Lipinski definition) is 0. The van der Waals surface area contributed by atoms with E-state index in [1.165, 1.54) is 141 Å². The molecule has 0 bridgehead atoms. The van der Waals surface area contributed by atoms with E-state index in [9.17, 15) is 14.3 Å². The van der Waals surface area contributed by atoms with E-state index in [2.05, 4.69) is 98.9 Å². The van der Waals surface area contributed by atoms with Crippen LogP contribution < -0.4 is 4.89 Å². The predicted octanol–water partition coefficient (Wildman–Crippen LogP) is 17.3. The SMILES string of the molecule is CC/C=C\C/C=C\C/C=C\C/C=C\C/C=C\C/C=C\CCCCC(=O)OC(COCCCCCCCCCCCCCCCC/C=C\CCCCCCCCCC)COP(=O)([O-])OCC[N+](C)(C)C. The van der Waals surface area contributed by atoms with Crippen LogP contribution in [0.25, 0.3) is 0 Å². The number of carbonyl (C=O) groups is 1. The van der Waals surface area contributed by atoms with E-state index < -0.39 is 13.9 Å². The molecule has 2 atom stereocenters. The summed E-state index contributed by atoms with van der Waals surface area (Å²) in [6.45, 7) is 5.25. The zero-order valence-electron chi connectivity index (χ0n) is 45.5. The molecule has 0 saturated carbocycles. The van der Waals surface area contributed by atoms with Gasteiger partial charge in [-0.15, -0.1) is 0 Å². The van der Waals surface area contributed by atoms with Crippen LogP contribution in [0.4, 0.5) is 0 Å². The maximum atomic E-state index is 12.8. The fraction of sp³-hybridized carbons (Fsp3) is 0.750. The molecule has 0 fully saturated rings. The summed E-state index contributed by atoms with van der Waals surface area (Å²) in [5.41, 5.74) is 0. The van der Waals surface area contributed by atoms with Crippen molar-refractivity contribution in [3.05, 3.63) is 85.1 Å². The molecule has 400 valence electrons. The van der Waals surface area contributed by atoms with Crippen LogP contribution in [0.15, 0.2) is 85.1 Å².